The van der Waals surface area contributed by atoms with Gasteiger partial charge in [0.2, 0.25) is 0 Å². The molecule has 2 aromatic rings. The summed E-state index contributed by atoms with van der Waals surface area (Å²) >= 11 is 0. The number of para-hydroxylation sites is 1. The van der Waals surface area contributed by atoms with E-state index in [0.717, 1.165) is 29.6 Å². The van der Waals surface area contributed by atoms with Crippen LogP contribution in [0.25, 0.3) is 10.9 Å². The number of ketones is 1. The number of nitrogens with zero attached hydrogens (tertiary/aromatic N) is 3. The number of carbonyl (C=O) groups excluding carboxylic acids is 1. The van der Waals surface area contributed by atoms with Crippen molar-refractivity contribution >= 4 is 16.7 Å². The van der Waals surface area contributed by atoms with Crippen molar-refractivity contribution in [3.63, 3.8) is 0 Å². The van der Waals surface area contributed by atoms with Gasteiger partial charge in [0.05, 0.1) is 19.0 Å². The van der Waals surface area contributed by atoms with Gasteiger partial charge in [0, 0.05) is 29.2 Å². The average Bonchev–Trinajstić information content (AvgIpc) is 2.94. The summed E-state index contributed by atoms with van der Waals surface area (Å²) in [6.07, 6.45) is 8.66. The molecular weight excluding hydrogens is 298 g/mol. The van der Waals surface area contributed by atoms with E-state index in [4.69, 9.17) is 5.26 Å². The summed E-state index contributed by atoms with van der Waals surface area (Å²) < 4.78 is 2.04. The Morgan fingerprint density at radius 3 is 2.54 bits per heavy atom. The first kappa shape index (κ1) is 16.7. The minimum absolute atomic E-state index is 0.197. The van der Waals surface area contributed by atoms with Crippen molar-refractivity contribution in [3.8, 4) is 6.07 Å². The van der Waals surface area contributed by atoms with E-state index in [1.165, 1.54) is 32.1 Å². The topological polar surface area (TPSA) is 49.0 Å². The zero-order valence-corrected chi connectivity index (χ0v) is 14.2. The first-order valence-corrected chi connectivity index (χ1v) is 9.00. The van der Waals surface area contributed by atoms with Crippen LogP contribution in [-0.2, 0) is 6.54 Å². The monoisotopic (exact) mass is 323 g/mol. The van der Waals surface area contributed by atoms with Crippen molar-refractivity contribution in [1.82, 2.24) is 9.47 Å². The summed E-state index contributed by atoms with van der Waals surface area (Å²) in [4.78, 5) is 15.2. The second-order valence-corrected chi connectivity index (χ2v) is 6.63. The molecule has 24 heavy (non-hydrogen) atoms. The largest absolute Gasteiger partial charge is 0.346 e. The molecule has 2 heterocycles. The molecule has 1 saturated heterocycles. The number of nitriles is 1. The lowest BCUT2D eigenvalue weighted by Crippen LogP contribution is -2.32. The Hall–Kier alpha value is -2.12. The second kappa shape index (κ2) is 8.12. The van der Waals surface area contributed by atoms with Crippen LogP contribution >= 0.6 is 0 Å². The van der Waals surface area contributed by atoms with E-state index in [2.05, 4.69) is 11.0 Å². The number of benzene rings is 1. The highest BCUT2D eigenvalue weighted by atomic mass is 16.1. The van der Waals surface area contributed by atoms with Crippen molar-refractivity contribution in [3.05, 3.63) is 36.0 Å². The quantitative estimate of drug-likeness (QED) is 0.781. The minimum atomic E-state index is 0.197. The predicted octanol–water partition coefficient (Wildman–Crippen LogP) is 4.00. The Kier molecular flexibility index (Phi) is 5.66. The molecule has 126 valence electrons. The standard InChI is InChI=1S/C20H25N3O/c21-11-8-14-23-15-18(17-9-4-5-10-19(17)23)20(24)16-22-12-6-2-1-3-7-13-22/h4-5,9-10,15H,1-3,6-8,12-14,16H2. The van der Waals surface area contributed by atoms with Gasteiger partial charge in [-0.1, -0.05) is 37.5 Å². The van der Waals surface area contributed by atoms with Gasteiger partial charge >= 0.3 is 0 Å². The molecule has 3 rings (SSSR count). The zero-order chi connectivity index (χ0) is 16.8. The molecule has 1 fully saturated rings. The van der Waals surface area contributed by atoms with E-state index in [1.807, 2.05) is 35.0 Å². The molecule has 1 aromatic heterocycles. The Morgan fingerprint density at radius 1 is 1.08 bits per heavy atom. The van der Waals surface area contributed by atoms with Gasteiger partial charge in [-0.15, -0.1) is 0 Å². The molecule has 1 aliphatic heterocycles. The van der Waals surface area contributed by atoms with Gasteiger partial charge in [0.15, 0.2) is 5.78 Å². The predicted molar refractivity (Wildman–Crippen MR) is 96.0 cm³/mol. The van der Waals surface area contributed by atoms with Crippen molar-refractivity contribution in [2.24, 2.45) is 0 Å². The van der Waals surface area contributed by atoms with E-state index >= 15 is 0 Å². The maximum Gasteiger partial charge on any atom is 0.178 e. The van der Waals surface area contributed by atoms with Gasteiger partial charge in [0.1, 0.15) is 0 Å². The lowest BCUT2D eigenvalue weighted by Gasteiger charge is -2.23. The number of fused-ring (bicyclic) bond motifs is 1. The molecule has 0 spiro atoms. The fourth-order valence-electron chi connectivity index (χ4n) is 3.58. The molecule has 0 aliphatic carbocycles. The number of likely N-dealkylation sites (tertiary alicyclic amines) is 1. The normalized spacial score (nSPS) is 16.5. The summed E-state index contributed by atoms with van der Waals surface area (Å²) in [7, 11) is 0. The van der Waals surface area contributed by atoms with Crippen molar-refractivity contribution in [2.75, 3.05) is 19.6 Å². The zero-order valence-electron chi connectivity index (χ0n) is 14.2. The molecule has 0 atom stereocenters. The molecule has 0 amide bonds. The summed E-state index contributed by atoms with van der Waals surface area (Å²) in [5.41, 5.74) is 1.84. The van der Waals surface area contributed by atoms with Crippen molar-refractivity contribution in [1.29, 1.82) is 5.26 Å². The van der Waals surface area contributed by atoms with Crippen LogP contribution in [0.1, 0.15) is 48.9 Å². The fourth-order valence-corrected chi connectivity index (χ4v) is 3.58. The van der Waals surface area contributed by atoms with Crippen molar-refractivity contribution < 1.29 is 4.79 Å². The van der Waals surface area contributed by atoms with E-state index in [9.17, 15) is 4.79 Å². The maximum atomic E-state index is 12.9. The molecule has 0 saturated carbocycles. The van der Waals surface area contributed by atoms with Gasteiger partial charge in [-0.05, 0) is 32.0 Å². The Morgan fingerprint density at radius 2 is 1.79 bits per heavy atom. The molecular formula is C20H25N3O. The molecule has 0 bridgehead atoms. The van der Waals surface area contributed by atoms with E-state index in [0.29, 0.717) is 19.5 Å². The SMILES string of the molecule is N#CCCn1cc(C(=O)CN2CCCCCCC2)c2ccccc21. The minimum Gasteiger partial charge on any atom is -0.346 e. The van der Waals surface area contributed by atoms with Crippen LogP contribution < -0.4 is 0 Å². The van der Waals surface area contributed by atoms with Crippen LogP contribution in [0.15, 0.2) is 30.5 Å². The van der Waals surface area contributed by atoms with Gasteiger partial charge < -0.3 is 4.57 Å². The molecule has 4 heteroatoms. The van der Waals surface area contributed by atoms with Crippen LogP contribution in [0.2, 0.25) is 0 Å². The summed E-state index contributed by atoms with van der Waals surface area (Å²) in [5, 5.41) is 9.85. The molecule has 0 radical (unpaired) electrons. The number of hydrogen-bond acceptors (Lipinski definition) is 3. The first-order valence-electron chi connectivity index (χ1n) is 9.00. The molecule has 1 aromatic carbocycles. The maximum absolute atomic E-state index is 12.9. The highest BCUT2D eigenvalue weighted by Gasteiger charge is 2.18. The van der Waals surface area contributed by atoms with Gasteiger partial charge in [-0.25, -0.2) is 0 Å². The average molecular weight is 323 g/mol. The number of aryl methyl sites for hydroxylation is 1. The Labute approximate surface area is 143 Å². The van der Waals surface area contributed by atoms with E-state index in [1.54, 1.807) is 0 Å². The van der Waals surface area contributed by atoms with Crippen LogP contribution in [0, 0.1) is 11.3 Å². The van der Waals surface area contributed by atoms with Gasteiger partial charge in [-0.3, -0.25) is 9.69 Å². The molecule has 0 unspecified atom stereocenters. The highest BCUT2D eigenvalue weighted by molar-refractivity contribution is 6.09. The van der Waals surface area contributed by atoms with Gasteiger partial charge in [0.25, 0.3) is 0 Å². The second-order valence-electron chi connectivity index (χ2n) is 6.63. The van der Waals surface area contributed by atoms with Gasteiger partial charge in [-0.2, -0.15) is 5.26 Å². The third kappa shape index (κ3) is 3.85. The summed E-state index contributed by atoms with van der Waals surface area (Å²) in [5.74, 6) is 0.197. The highest BCUT2D eigenvalue weighted by Crippen LogP contribution is 2.23. The lowest BCUT2D eigenvalue weighted by molar-refractivity contribution is 0.0926. The summed E-state index contributed by atoms with van der Waals surface area (Å²) in [6, 6.07) is 10.2. The number of Topliss-reactive ketones (excluding diaryl/α,β-unsaturated/α-hetero) is 1. The molecule has 0 N–H and O–H groups in total. The number of rotatable bonds is 5. The molecule has 4 nitrogen and oxygen atoms in total. The van der Waals surface area contributed by atoms with E-state index in [-0.39, 0.29) is 5.78 Å². The Balaban J connectivity index is 1.80. The van der Waals surface area contributed by atoms with Crippen molar-refractivity contribution in [2.45, 2.75) is 45.1 Å². The fraction of sp³-hybridized carbons (Fsp3) is 0.500. The van der Waals surface area contributed by atoms with Crippen LogP contribution in [-0.4, -0.2) is 34.9 Å². The number of carbonyl (C=O) groups is 1. The van der Waals surface area contributed by atoms with Crippen LogP contribution in [0.3, 0.4) is 0 Å². The van der Waals surface area contributed by atoms with Crippen LogP contribution in [0.5, 0.6) is 0 Å². The number of aromatic nitrogens is 1. The third-order valence-electron chi connectivity index (χ3n) is 4.87. The first-order chi connectivity index (χ1) is 11.8. The summed E-state index contributed by atoms with van der Waals surface area (Å²) in [6.45, 7) is 3.19. The Bertz CT molecular complexity index is 733. The van der Waals surface area contributed by atoms with E-state index < -0.39 is 0 Å². The smallest absolute Gasteiger partial charge is 0.178 e. The number of hydrogen-bond donors (Lipinski definition) is 0. The molecule has 1 aliphatic rings. The van der Waals surface area contributed by atoms with Crippen LogP contribution in [0.4, 0.5) is 0 Å². The third-order valence-corrected chi connectivity index (χ3v) is 4.87. The lowest BCUT2D eigenvalue weighted by atomic mass is 10.1.